The monoisotopic (exact) mass is 994 g/mol. The van der Waals surface area contributed by atoms with Gasteiger partial charge in [-0.1, -0.05) is 0 Å². The second-order valence-corrected chi connectivity index (χ2v) is 5.97. The Balaban J connectivity index is -0.000000136. The Morgan fingerprint density at radius 2 is 0.758 bits per heavy atom. The fourth-order valence-corrected chi connectivity index (χ4v) is 1.45. The molecule has 0 heterocycles. The molecule has 0 spiro atoms. The Morgan fingerprint density at radius 1 is 0.485 bits per heavy atom. The number of hydrogen-bond donors (Lipinski definition) is 6. The van der Waals surface area contributed by atoms with Gasteiger partial charge in [0.15, 0.2) is 0 Å². The van der Waals surface area contributed by atoms with Crippen LogP contribution in [-0.2, 0) is 28.4 Å². The van der Waals surface area contributed by atoms with Crippen LogP contribution >= 0.6 is 0 Å². The molecule has 0 amide bonds. The van der Waals surface area contributed by atoms with Crippen LogP contribution in [0, 0.1) is 28.4 Å². The van der Waals surface area contributed by atoms with Crippen molar-refractivity contribution in [3.8, 4) is 0 Å². The average Bonchev–Trinajstić information content (AvgIpc) is 2.74. The normalized spacial score (nSPS) is 13.6. The molecule has 0 aromatic rings. The zero-order chi connectivity index (χ0) is 24.3. The maximum atomic E-state index is 9.21. The minimum Gasteiger partial charge on any atom is -0.553 e. The largest absolute Gasteiger partial charge is 0.553 e. The van der Waals surface area contributed by atoms with Gasteiger partial charge in [0.05, 0.1) is 50.8 Å². The van der Waals surface area contributed by atoms with Gasteiger partial charge >= 0.3 is 0 Å². The number of rotatable bonds is 18. The smallest absolute Gasteiger partial charge is 0.0976 e. The molecule has 0 aliphatic carbocycles. The molecule has 0 rings (SSSR count). The Kier molecular flexibility index (Phi) is 42.2. The quantitative estimate of drug-likeness (QED) is 0.0663. The predicted octanol–water partition coefficient (Wildman–Crippen LogP) is -1.96. The van der Waals surface area contributed by atoms with E-state index >= 15 is 0 Å². The Hall–Kier alpha value is -2.48. The van der Waals surface area contributed by atoms with E-state index in [1.165, 1.54) is 0 Å². The second kappa shape index (κ2) is 34.1. The van der Waals surface area contributed by atoms with Crippen LogP contribution in [0.25, 0.3) is 0 Å². The Morgan fingerprint density at radius 3 is 0.970 bits per heavy atom. The number of aliphatic hydroxyl groups excluding tert-OH is 6. The van der Waals surface area contributed by atoms with Gasteiger partial charge in [0, 0.05) is 39.6 Å². The van der Waals surface area contributed by atoms with Gasteiger partial charge in [0.25, 0.3) is 0 Å². The van der Waals surface area contributed by atoms with Crippen molar-refractivity contribution in [1.82, 2.24) is 0 Å². The summed E-state index contributed by atoms with van der Waals surface area (Å²) in [6, 6.07) is 0. The molecule has 12 nitrogen and oxygen atoms in total. The SMILES string of the molecule is [CH2-]OCC(O)CO.[CH2-]OCC(O)CO.[CH2-]OCC(O)COCCCOCC(O)CO[CH2-].[Rf].[Rf]. The maximum absolute atomic E-state index is 9.21. The molecule has 6 N–H and O–H groups in total. The molecular formula is C19H40O12Rf2-4. The van der Waals surface area contributed by atoms with Crippen LogP contribution in [0.15, 0.2) is 0 Å². The van der Waals surface area contributed by atoms with Gasteiger partial charge in [-0.3, -0.25) is 0 Å². The second-order valence-electron chi connectivity index (χ2n) is 5.97. The van der Waals surface area contributed by atoms with Gasteiger partial charge in [-0.05, 0) is 6.42 Å². The van der Waals surface area contributed by atoms with Crippen molar-refractivity contribution in [3.05, 3.63) is 28.4 Å². The number of ether oxygens (including phenoxy) is 6. The summed E-state index contributed by atoms with van der Waals surface area (Å²) in [7, 11) is 12.3. The molecule has 0 aliphatic heterocycles. The summed E-state index contributed by atoms with van der Waals surface area (Å²) in [4.78, 5) is 0. The summed E-state index contributed by atoms with van der Waals surface area (Å²) < 4.78 is 27.8. The third-order valence-corrected chi connectivity index (χ3v) is 2.86. The molecule has 0 saturated heterocycles. The summed E-state index contributed by atoms with van der Waals surface area (Å²) in [5.74, 6) is 0. The van der Waals surface area contributed by atoms with E-state index < -0.39 is 24.4 Å². The summed E-state index contributed by atoms with van der Waals surface area (Å²) in [5.41, 5.74) is 0. The number of hydrogen-bond acceptors (Lipinski definition) is 12. The summed E-state index contributed by atoms with van der Waals surface area (Å²) in [6.07, 6.45) is -2.17. The topological polar surface area (TPSA) is 177 Å². The van der Waals surface area contributed by atoms with Crippen LogP contribution in [0.5, 0.6) is 0 Å². The van der Waals surface area contributed by atoms with Crippen LogP contribution in [0.4, 0.5) is 0 Å². The van der Waals surface area contributed by atoms with Crippen LogP contribution in [0.3, 0.4) is 0 Å². The van der Waals surface area contributed by atoms with Gasteiger partial charge in [-0.25, -0.2) is 28.4 Å². The van der Waals surface area contributed by atoms with E-state index in [9.17, 15) is 10.2 Å². The third-order valence-electron chi connectivity index (χ3n) is 2.86. The van der Waals surface area contributed by atoms with E-state index in [-0.39, 0.29) is 52.9 Å². The van der Waals surface area contributed by atoms with E-state index in [2.05, 4.69) is 47.4 Å². The summed E-state index contributed by atoms with van der Waals surface area (Å²) >= 11 is 0. The van der Waals surface area contributed by atoms with Crippen LogP contribution in [-0.4, -0.2) is 121 Å². The predicted molar refractivity (Wildman–Crippen MR) is 110 cm³/mol. The Labute approximate surface area is 185 Å². The van der Waals surface area contributed by atoms with Crippen molar-refractivity contribution in [2.24, 2.45) is 0 Å². The molecule has 196 valence electrons. The van der Waals surface area contributed by atoms with E-state index in [1.807, 2.05) is 0 Å². The molecule has 0 aromatic carbocycles. The minimum atomic E-state index is -0.780. The van der Waals surface area contributed by atoms with Crippen LogP contribution < -0.4 is 0 Å². The third kappa shape index (κ3) is 40.4. The van der Waals surface area contributed by atoms with E-state index in [4.69, 9.17) is 29.9 Å². The molecule has 4 atom stereocenters. The first kappa shape index (κ1) is 40.8. The zero-order valence-corrected chi connectivity index (χ0v) is 32.3. The van der Waals surface area contributed by atoms with Crippen molar-refractivity contribution < 1.29 is 59.1 Å². The first-order chi connectivity index (χ1) is 14.8. The molecule has 0 bridgehead atoms. The van der Waals surface area contributed by atoms with Gasteiger partial charge in [-0.15, -0.1) is 0 Å². The van der Waals surface area contributed by atoms with Crippen molar-refractivity contribution >= 4 is 0 Å². The van der Waals surface area contributed by atoms with Gasteiger partial charge < -0.3 is 59.1 Å². The molecule has 0 fully saturated rings. The zero-order valence-electron chi connectivity index (χ0n) is 19.5. The van der Waals surface area contributed by atoms with E-state index in [1.54, 1.807) is 0 Å². The minimum absolute atomic E-state index is 0. The summed E-state index contributed by atoms with van der Waals surface area (Å²) in [5, 5.41) is 51.5. The first-order valence-corrected chi connectivity index (χ1v) is 9.40. The molecule has 0 aliphatic rings. The average molecular weight is 995 g/mol. The van der Waals surface area contributed by atoms with Gasteiger partial charge in [0.2, 0.25) is 0 Å². The van der Waals surface area contributed by atoms with Gasteiger partial charge in [0.1, 0.15) is 0 Å². The van der Waals surface area contributed by atoms with Crippen molar-refractivity contribution in [1.29, 1.82) is 0 Å². The Bertz CT molecular complexity index is 294. The molecule has 0 radical (unpaired) electrons. The fourth-order valence-electron chi connectivity index (χ4n) is 1.45. The molecular weight excluding hydrogens is 954 g/mol. The standard InChI is InChI=1S/C11H22O6.2C4H9O3.2Rf/c1-14-6-10(12)8-16-4-3-5-17-9-11(13)7-15-2;2*1-7-3-4(6)2-5;;/h10-13H,1-9H2;2*4-6H,1-3H2;;/q-2;2*-1;;. The molecule has 0 aromatic heterocycles. The van der Waals surface area contributed by atoms with E-state index in [0.717, 1.165) is 0 Å². The van der Waals surface area contributed by atoms with E-state index in [0.29, 0.717) is 19.6 Å². The van der Waals surface area contributed by atoms with Crippen molar-refractivity contribution in [3.63, 3.8) is 0 Å². The van der Waals surface area contributed by atoms with Crippen LogP contribution in [0.2, 0.25) is 0 Å². The summed E-state index contributed by atoms with van der Waals surface area (Å²) in [6.45, 7) is 1.37. The van der Waals surface area contributed by atoms with Crippen LogP contribution in [0.1, 0.15) is 6.42 Å². The van der Waals surface area contributed by atoms with Gasteiger partial charge in [-0.2, -0.15) is 0 Å². The fraction of sp³-hybridized carbons (Fsp3) is 0.789. The first-order valence-electron chi connectivity index (χ1n) is 9.40. The maximum Gasteiger partial charge on any atom is 0.0976 e. The molecule has 4 unspecified atom stereocenters. The molecule has 14 heteroatoms. The molecule has 33 heavy (non-hydrogen) atoms. The van der Waals surface area contributed by atoms with Crippen molar-refractivity contribution in [2.75, 3.05) is 66.1 Å². The van der Waals surface area contributed by atoms with Crippen molar-refractivity contribution in [2.45, 2.75) is 30.8 Å². The molecule has 0 saturated carbocycles. The number of aliphatic hydroxyl groups is 6.